The van der Waals surface area contributed by atoms with E-state index in [4.69, 9.17) is 0 Å². The van der Waals surface area contributed by atoms with Crippen molar-refractivity contribution in [2.75, 3.05) is 6.54 Å². The number of rotatable bonds is 0. The van der Waals surface area contributed by atoms with Crippen LogP contribution in [0.2, 0.25) is 0 Å². The smallest absolute Gasteiger partial charge is 0.0576 e. The van der Waals surface area contributed by atoms with E-state index in [2.05, 4.69) is 31.8 Å². The molecule has 0 saturated carbocycles. The molecule has 1 aliphatic rings. The predicted octanol–water partition coefficient (Wildman–Crippen LogP) is 2.68. The maximum atomic E-state index is 4.11. The van der Waals surface area contributed by atoms with Crippen LogP contribution in [0.5, 0.6) is 0 Å². The molecule has 0 atom stereocenters. The molecule has 0 unspecified atom stereocenters. The molecule has 0 aromatic heterocycles. The summed E-state index contributed by atoms with van der Waals surface area (Å²) >= 11 is 0. The highest BCUT2D eigenvalue weighted by Gasteiger charge is 2.16. The van der Waals surface area contributed by atoms with E-state index in [1.807, 2.05) is 6.21 Å². The van der Waals surface area contributed by atoms with Crippen LogP contribution in [0.25, 0.3) is 0 Å². The van der Waals surface area contributed by atoms with Gasteiger partial charge in [0.15, 0.2) is 0 Å². The Balaban J connectivity index is 0.000000810. The van der Waals surface area contributed by atoms with Crippen LogP contribution < -0.4 is 0 Å². The van der Waals surface area contributed by atoms with Crippen LogP contribution >= 0.6 is 0 Å². The lowest BCUT2D eigenvalue weighted by molar-refractivity contribution is 0.527. The Morgan fingerprint density at radius 2 is 2.00 bits per heavy atom. The molecule has 1 heterocycles. The van der Waals surface area contributed by atoms with Crippen molar-refractivity contribution in [3.8, 4) is 0 Å². The topological polar surface area (TPSA) is 12.4 Å². The van der Waals surface area contributed by atoms with Crippen LogP contribution in [0.4, 0.5) is 0 Å². The fourth-order valence-corrected chi connectivity index (χ4v) is 0.855. The average molecular weight is 139 g/mol. The summed E-state index contributed by atoms with van der Waals surface area (Å²) in [7, 11) is 0. The molecule has 0 aromatic rings. The van der Waals surface area contributed by atoms with Gasteiger partial charge in [0.05, 0.1) is 6.54 Å². The van der Waals surface area contributed by atoms with Crippen molar-refractivity contribution < 1.29 is 0 Å². The van der Waals surface area contributed by atoms with Gasteiger partial charge in [-0.05, 0) is 11.0 Å². The molecule has 0 bridgehead atoms. The van der Waals surface area contributed by atoms with Gasteiger partial charge in [0.25, 0.3) is 0 Å². The van der Waals surface area contributed by atoms with Gasteiger partial charge in [-0.15, -0.1) is 0 Å². The molecule has 0 N–H and O–H groups in total. The molecule has 0 fully saturated rings. The average Bonchev–Trinajstić information content (AvgIpc) is 2.08. The van der Waals surface area contributed by atoms with Crippen molar-refractivity contribution >= 4 is 6.21 Å². The summed E-state index contributed by atoms with van der Waals surface area (Å²) in [6, 6.07) is 0. The zero-order valence-electron chi connectivity index (χ0n) is 6.31. The summed E-state index contributed by atoms with van der Waals surface area (Å²) < 4.78 is 0. The normalized spacial score (nSPS) is 16.5. The third kappa shape index (κ3) is 1.98. The minimum Gasteiger partial charge on any atom is -0.289 e. The van der Waals surface area contributed by atoms with Crippen LogP contribution in [0.1, 0.15) is 28.2 Å². The minimum absolute atomic E-state index is 0. The van der Waals surface area contributed by atoms with Crippen LogP contribution in [-0.4, -0.2) is 12.8 Å². The Morgan fingerprint density at radius 1 is 1.40 bits per heavy atom. The van der Waals surface area contributed by atoms with Crippen molar-refractivity contribution in [2.24, 2.45) is 10.4 Å². The van der Waals surface area contributed by atoms with E-state index in [-0.39, 0.29) is 7.43 Å². The Morgan fingerprint density at radius 3 is 2.20 bits per heavy atom. The van der Waals surface area contributed by atoms with Gasteiger partial charge in [-0.3, -0.25) is 4.99 Å². The van der Waals surface area contributed by atoms with Crippen LogP contribution in [0.3, 0.4) is 0 Å². The van der Waals surface area contributed by atoms with Gasteiger partial charge < -0.3 is 0 Å². The van der Waals surface area contributed by atoms with Crippen molar-refractivity contribution in [1.29, 1.82) is 0 Å². The number of allylic oxidation sites excluding steroid dienone is 1. The van der Waals surface area contributed by atoms with Crippen LogP contribution in [0.15, 0.2) is 16.6 Å². The summed E-state index contributed by atoms with van der Waals surface area (Å²) in [5.74, 6) is 0. The second-order valence-corrected chi connectivity index (χ2v) is 3.40. The zero-order valence-corrected chi connectivity index (χ0v) is 6.31. The van der Waals surface area contributed by atoms with Gasteiger partial charge >= 0.3 is 0 Å². The van der Waals surface area contributed by atoms with Crippen molar-refractivity contribution in [1.82, 2.24) is 0 Å². The second kappa shape index (κ2) is 3.00. The summed E-state index contributed by atoms with van der Waals surface area (Å²) in [4.78, 5) is 4.11. The first-order valence-electron chi connectivity index (χ1n) is 3.31. The van der Waals surface area contributed by atoms with E-state index in [1.54, 1.807) is 0 Å². The maximum absolute atomic E-state index is 4.11. The second-order valence-electron chi connectivity index (χ2n) is 3.40. The highest BCUT2D eigenvalue weighted by molar-refractivity contribution is 5.82. The molecule has 58 valence electrons. The van der Waals surface area contributed by atoms with Crippen molar-refractivity contribution in [3.63, 3.8) is 0 Å². The van der Waals surface area contributed by atoms with E-state index in [0.29, 0.717) is 5.41 Å². The lowest BCUT2D eigenvalue weighted by Gasteiger charge is -2.16. The first-order valence-corrected chi connectivity index (χ1v) is 3.31. The summed E-state index contributed by atoms with van der Waals surface area (Å²) in [5.41, 5.74) is 1.66. The summed E-state index contributed by atoms with van der Waals surface area (Å²) in [6.45, 7) is 7.50. The molecule has 0 aromatic carbocycles. The lowest BCUT2D eigenvalue weighted by atomic mass is 9.88. The predicted molar refractivity (Wildman–Crippen MR) is 47.6 cm³/mol. The molecular weight excluding hydrogens is 122 g/mol. The van der Waals surface area contributed by atoms with E-state index in [9.17, 15) is 0 Å². The van der Waals surface area contributed by atoms with Crippen LogP contribution in [0, 0.1) is 5.41 Å². The maximum Gasteiger partial charge on any atom is 0.0576 e. The van der Waals surface area contributed by atoms with Crippen molar-refractivity contribution in [3.05, 3.63) is 11.6 Å². The Bertz CT molecular complexity index is 158. The van der Waals surface area contributed by atoms with Gasteiger partial charge in [0, 0.05) is 6.21 Å². The van der Waals surface area contributed by atoms with Gasteiger partial charge in [0.1, 0.15) is 0 Å². The van der Waals surface area contributed by atoms with E-state index in [1.165, 1.54) is 5.57 Å². The first-order chi connectivity index (χ1) is 4.11. The largest absolute Gasteiger partial charge is 0.289 e. The van der Waals surface area contributed by atoms with E-state index in [0.717, 1.165) is 6.54 Å². The van der Waals surface area contributed by atoms with E-state index >= 15 is 0 Å². The molecule has 1 rings (SSSR count). The molecule has 0 radical (unpaired) electrons. The van der Waals surface area contributed by atoms with Crippen molar-refractivity contribution in [2.45, 2.75) is 28.2 Å². The molecule has 10 heavy (non-hydrogen) atoms. The molecule has 1 aliphatic heterocycles. The van der Waals surface area contributed by atoms with Gasteiger partial charge in [-0.2, -0.15) is 0 Å². The minimum atomic E-state index is 0. The Hall–Kier alpha value is -0.590. The SMILES string of the molecule is C.CC(C)(C)C1=CCN=C1. The molecule has 0 amide bonds. The number of nitrogens with zero attached hydrogens (tertiary/aromatic N) is 1. The first kappa shape index (κ1) is 9.41. The van der Waals surface area contributed by atoms with Gasteiger partial charge in [-0.25, -0.2) is 0 Å². The van der Waals surface area contributed by atoms with Gasteiger partial charge in [0.2, 0.25) is 0 Å². The quantitative estimate of drug-likeness (QED) is 0.489. The summed E-state index contributed by atoms with van der Waals surface area (Å²) in [5, 5.41) is 0. The highest BCUT2D eigenvalue weighted by Crippen LogP contribution is 2.24. The molecular formula is C9H17N. The third-order valence-electron chi connectivity index (χ3n) is 1.51. The van der Waals surface area contributed by atoms with Crippen LogP contribution in [-0.2, 0) is 0 Å². The zero-order chi connectivity index (χ0) is 6.91. The molecule has 0 aliphatic carbocycles. The lowest BCUT2D eigenvalue weighted by Crippen LogP contribution is -2.08. The molecule has 0 saturated heterocycles. The fraction of sp³-hybridized carbons (Fsp3) is 0.667. The number of hydrogen-bond acceptors (Lipinski definition) is 1. The molecule has 1 nitrogen and oxygen atoms in total. The van der Waals surface area contributed by atoms with Gasteiger partial charge in [-0.1, -0.05) is 34.3 Å². The number of aliphatic imine (C=N–C) groups is 1. The number of hydrogen-bond donors (Lipinski definition) is 0. The third-order valence-corrected chi connectivity index (χ3v) is 1.51. The Labute approximate surface area is 63.9 Å². The van der Waals surface area contributed by atoms with E-state index < -0.39 is 0 Å². The molecule has 1 heteroatoms. The Kier molecular flexibility index (Phi) is 2.82. The highest BCUT2D eigenvalue weighted by atomic mass is 14.7. The molecule has 0 spiro atoms. The summed E-state index contributed by atoms with van der Waals surface area (Å²) in [6.07, 6.45) is 4.15. The standard InChI is InChI=1S/C8H13N.CH4/c1-8(2,3)7-4-5-9-6-7;/h4,6H,5H2,1-3H3;1H4. The monoisotopic (exact) mass is 139 g/mol. The fourth-order valence-electron chi connectivity index (χ4n) is 0.855.